The van der Waals surface area contributed by atoms with Crippen LogP contribution in [-0.4, -0.2) is 26.4 Å². The third-order valence-electron chi connectivity index (χ3n) is 4.13. The fourth-order valence-electron chi connectivity index (χ4n) is 2.89. The minimum atomic E-state index is -0.00267. The molecule has 1 amide bonds. The molecule has 1 heterocycles. The van der Waals surface area contributed by atoms with Gasteiger partial charge in [-0.15, -0.1) is 10.2 Å². The monoisotopic (exact) mass is 380 g/mol. The third kappa shape index (κ3) is 5.44. The van der Waals surface area contributed by atoms with E-state index in [1.165, 1.54) is 11.8 Å². The van der Waals surface area contributed by atoms with Crippen molar-refractivity contribution in [2.75, 3.05) is 5.75 Å². The number of benzene rings is 2. The largest absolute Gasteiger partial charge is 0.349 e. The number of amides is 1. The van der Waals surface area contributed by atoms with Crippen LogP contribution in [0.25, 0.3) is 5.69 Å². The molecule has 0 radical (unpaired) electrons. The summed E-state index contributed by atoms with van der Waals surface area (Å²) in [4.78, 5) is 12.6. The summed E-state index contributed by atoms with van der Waals surface area (Å²) in [6.45, 7) is 4.33. The Morgan fingerprint density at radius 1 is 1.07 bits per heavy atom. The molecule has 0 bridgehead atoms. The molecule has 140 valence electrons. The Labute approximate surface area is 164 Å². The van der Waals surface area contributed by atoms with E-state index in [-0.39, 0.29) is 11.9 Å². The number of carbonyl (C=O) groups excluding carboxylic acids is 1. The van der Waals surface area contributed by atoms with Crippen LogP contribution in [0.5, 0.6) is 0 Å². The molecule has 1 unspecified atom stereocenters. The van der Waals surface area contributed by atoms with Gasteiger partial charge in [0.2, 0.25) is 5.91 Å². The molecule has 0 fully saturated rings. The normalized spacial score (nSPS) is 12.1. The summed E-state index contributed by atoms with van der Waals surface area (Å²) < 4.78 is 1.89. The fourth-order valence-corrected chi connectivity index (χ4v) is 3.63. The van der Waals surface area contributed by atoms with Gasteiger partial charge in [-0.3, -0.25) is 9.36 Å². The zero-order chi connectivity index (χ0) is 19.1. The van der Waals surface area contributed by atoms with E-state index in [1.807, 2.05) is 53.1 Å². The van der Waals surface area contributed by atoms with Crippen LogP contribution in [0.15, 0.2) is 72.1 Å². The van der Waals surface area contributed by atoms with Gasteiger partial charge in [-0.1, -0.05) is 74.1 Å². The number of hydrogen-bond acceptors (Lipinski definition) is 4. The van der Waals surface area contributed by atoms with Gasteiger partial charge in [0.05, 0.1) is 11.8 Å². The maximum Gasteiger partial charge on any atom is 0.230 e. The van der Waals surface area contributed by atoms with Crippen molar-refractivity contribution in [3.8, 4) is 5.69 Å². The highest BCUT2D eigenvalue weighted by Gasteiger charge is 2.17. The van der Waals surface area contributed by atoms with Gasteiger partial charge in [0.25, 0.3) is 0 Å². The Morgan fingerprint density at radius 2 is 1.74 bits per heavy atom. The molecule has 3 aromatic rings. The van der Waals surface area contributed by atoms with E-state index in [4.69, 9.17) is 0 Å². The van der Waals surface area contributed by atoms with Crippen molar-refractivity contribution in [2.24, 2.45) is 5.92 Å². The van der Waals surface area contributed by atoms with E-state index >= 15 is 0 Å². The van der Waals surface area contributed by atoms with Crippen LogP contribution in [0.1, 0.15) is 31.9 Å². The summed E-state index contributed by atoms with van der Waals surface area (Å²) in [6.07, 6.45) is 2.57. The van der Waals surface area contributed by atoms with Crippen molar-refractivity contribution in [1.29, 1.82) is 0 Å². The van der Waals surface area contributed by atoms with Gasteiger partial charge in [-0.25, -0.2) is 0 Å². The first kappa shape index (κ1) is 19.2. The maximum absolute atomic E-state index is 12.6. The second kappa shape index (κ2) is 9.37. The van der Waals surface area contributed by atoms with Gasteiger partial charge in [-0.05, 0) is 30.0 Å². The van der Waals surface area contributed by atoms with Crippen molar-refractivity contribution in [2.45, 2.75) is 31.5 Å². The minimum absolute atomic E-state index is 0.00267. The van der Waals surface area contributed by atoms with Crippen LogP contribution in [0.3, 0.4) is 0 Å². The molecule has 1 N–H and O–H groups in total. The molecule has 0 saturated heterocycles. The summed E-state index contributed by atoms with van der Waals surface area (Å²) in [7, 11) is 0. The van der Waals surface area contributed by atoms with Gasteiger partial charge >= 0.3 is 0 Å². The lowest BCUT2D eigenvalue weighted by Gasteiger charge is -2.21. The summed E-state index contributed by atoms with van der Waals surface area (Å²) in [5.74, 6) is 0.786. The second-order valence-electron chi connectivity index (χ2n) is 6.77. The van der Waals surface area contributed by atoms with Crippen LogP contribution in [0, 0.1) is 5.92 Å². The lowest BCUT2D eigenvalue weighted by Crippen LogP contribution is -2.31. The first-order valence-electron chi connectivity index (χ1n) is 9.06. The molecule has 1 atom stereocenters. The summed E-state index contributed by atoms with van der Waals surface area (Å²) in [5, 5.41) is 12.0. The van der Waals surface area contributed by atoms with Gasteiger partial charge < -0.3 is 5.32 Å². The van der Waals surface area contributed by atoms with Gasteiger partial charge in [0.15, 0.2) is 5.16 Å². The molecule has 0 saturated carbocycles. The van der Waals surface area contributed by atoms with E-state index in [9.17, 15) is 4.79 Å². The lowest BCUT2D eigenvalue weighted by molar-refractivity contribution is -0.119. The van der Waals surface area contributed by atoms with E-state index < -0.39 is 0 Å². The van der Waals surface area contributed by atoms with Gasteiger partial charge in [0, 0.05) is 5.69 Å². The Bertz CT molecular complexity index is 849. The smallest absolute Gasteiger partial charge is 0.230 e. The van der Waals surface area contributed by atoms with Crippen LogP contribution in [0.4, 0.5) is 0 Å². The fraction of sp³-hybridized carbons (Fsp3) is 0.286. The molecule has 0 aliphatic heterocycles. The van der Waals surface area contributed by atoms with E-state index in [0.717, 1.165) is 17.7 Å². The van der Waals surface area contributed by atoms with Crippen LogP contribution in [-0.2, 0) is 4.79 Å². The number of rotatable bonds is 8. The molecule has 2 aromatic carbocycles. The SMILES string of the molecule is CC(C)CC(NC(=O)CSc1nncn1-c1ccccc1)c1ccccc1. The number of thioether (sulfide) groups is 1. The Hall–Kier alpha value is -2.60. The average Bonchev–Trinajstić information content (AvgIpc) is 3.15. The molecule has 0 aliphatic carbocycles. The Kier molecular flexibility index (Phi) is 6.65. The van der Waals surface area contributed by atoms with Crippen molar-refractivity contribution in [3.05, 3.63) is 72.6 Å². The average molecular weight is 381 g/mol. The van der Waals surface area contributed by atoms with Crippen LogP contribution < -0.4 is 5.32 Å². The predicted octanol–water partition coefficient (Wildman–Crippen LogP) is 4.26. The maximum atomic E-state index is 12.6. The summed E-state index contributed by atoms with van der Waals surface area (Å²) >= 11 is 1.39. The highest BCUT2D eigenvalue weighted by Crippen LogP contribution is 2.23. The van der Waals surface area contributed by atoms with Crippen molar-refractivity contribution < 1.29 is 4.79 Å². The van der Waals surface area contributed by atoms with E-state index in [0.29, 0.717) is 16.8 Å². The number of nitrogens with zero attached hydrogens (tertiary/aromatic N) is 3. The molecule has 0 aliphatic rings. The minimum Gasteiger partial charge on any atom is -0.349 e. The molecule has 0 spiro atoms. The number of aromatic nitrogens is 3. The number of para-hydroxylation sites is 1. The first-order valence-corrected chi connectivity index (χ1v) is 10.0. The number of carbonyl (C=O) groups is 1. The molecule has 1 aromatic heterocycles. The second-order valence-corrected chi connectivity index (χ2v) is 7.71. The Morgan fingerprint density at radius 3 is 2.41 bits per heavy atom. The summed E-state index contributed by atoms with van der Waals surface area (Å²) in [6, 6.07) is 20.0. The lowest BCUT2D eigenvalue weighted by atomic mass is 9.97. The molecular weight excluding hydrogens is 356 g/mol. The first-order chi connectivity index (χ1) is 13.1. The number of nitrogens with one attached hydrogen (secondary N) is 1. The van der Waals surface area contributed by atoms with Crippen molar-refractivity contribution in [1.82, 2.24) is 20.1 Å². The van der Waals surface area contributed by atoms with Crippen LogP contribution in [0.2, 0.25) is 0 Å². The standard InChI is InChI=1S/C21H24N4OS/c1-16(2)13-19(17-9-5-3-6-10-17)23-20(26)14-27-21-24-22-15-25(21)18-11-7-4-8-12-18/h3-12,15-16,19H,13-14H2,1-2H3,(H,23,26). The van der Waals surface area contributed by atoms with E-state index in [1.54, 1.807) is 6.33 Å². The Balaban J connectivity index is 1.63. The summed E-state index contributed by atoms with van der Waals surface area (Å²) in [5.41, 5.74) is 2.12. The third-order valence-corrected chi connectivity index (χ3v) is 5.07. The van der Waals surface area contributed by atoms with Crippen molar-refractivity contribution >= 4 is 17.7 Å². The van der Waals surface area contributed by atoms with Gasteiger partial charge in [-0.2, -0.15) is 0 Å². The van der Waals surface area contributed by atoms with E-state index in [2.05, 4.69) is 41.5 Å². The predicted molar refractivity (Wildman–Crippen MR) is 109 cm³/mol. The van der Waals surface area contributed by atoms with Gasteiger partial charge in [0.1, 0.15) is 6.33 Å². The topological polar surface area (TPSA) is 59.8 Å². The highest BCUT2D eigenvalue weighted by molar-refractivity contribution is 7.99. The highest BCUT2D eigenvalue weighted by atomic mass is 32.2. The zero-order valence-corrected chi connectivity index (χ0v) is 16.4. The number of hydrogen-bond donors (Lipinski definition) is 1. The molecule has 27 heavy (non-hydrogen) atoms. The quantitative estimate of drug-likeness (QED) is 0.593. The molecule has 6 heteroatoms. The van der Waals surface area contributed by atoms with Crippen molar-refractivity contribution in [3.63, 3.8) is 0 Å². The molecular formula is C21H24N4OS. The zero-order valence-electron chi connectivity index (χ0n) is 15.6. The van der Waals surface area contributed by atoms with Crippen LogP contribution >= 0.6 is 11.8 Å². The molecule has 3 rings (SSSR count). The molecule has 5 nitrogen and oxygen atoms in total.